The topological polar surface area (TPSA) is 27.7 Å². The molecular formula is C12H21BrO3. The van der Waals surface area contributed by atoms with Gasteiger partial charge in [-0.2, -0.15) is 0 Å². The first-order valence-electron chi connectivity index (χ1n) is 6.31. The monoisotopic (exact) mass is 292 g/mol. The van der Waals surface area contributed by atoms with E-state index in [9.17, 15) is 0 Å². The molecule has 16 heavy (non-hydrogen) atoms. The van der Waals surface area contributed by atoms with E-state index < -0.39 is 0 Å². The second-order valence-electron chi connectivity index (χ2n) is 4.57. The highest BCUT2D eigenvalue weighted by atomic mass is 79.9. The minimum absolute atomic E-state index is 0.301. The van der Waals surface area contributed by atoms with E-state index in [0.29, 0.717) is 30.2 Å². The number of hydrogen-bond acceptors (Lipinski definition) is 3. The van der Waals surface area contributed by atoms with E-state index in [1.807, 2.05) is 0 Å². The van der Waals surface area contributed by atoms with Crippen LogP contribution in [0.15, 0.2) is 0 Å². The van der Waals surface area contributed by atoms with E-state index >= 15 is 0 Å². The summed E-state index contributed by atoms with van der Waals surface area (Å²) in [4.78, 5) is 0.538. The Bertz CT molecular complexity index is 195. The highest BCUT2D eigenvalue weighted by molar-refractivity contribution is 9.09. The fourth-order valence-corrected chi connectivity index (χ4v) is 3.04. The van der Waals surface area contributed by atoms with E-state index in [4.69, 9.17) is 14.2 Å². The summed E-state index contributed by atoms with van der Waals surface area (Å²) in [7, 11) is 0. The molecule has 0 aromatic rings. The van der Waals surface area contributed by atoms with Gasteiger partial charge in [-0.05, 0) is 19.3 Å². The Morgan fingerprint density at radius 1 is 1.06 bits per heavy atom. The standard InChI is InChI=1S/C12H21BrO3/c13-11-3-1-2-4-12(11)16-8-7-15-10-5-6-14-9-10/h10-12H,1-9H2. The molecule has 1 saturated carbocycles. The zero-order valence-corrected chi connectivity index (χ0v) is 11.3. The number of alkyl halides is 1. The van der Waals surface area contributed by atoms with Crippen LogP contribution in [-0.2, 0) is 14.2 Å². The van der Waals surface area contributed by atoms with Crippen LogP contribution >= 0.6 is 15.9 Å². The van der Waals surface area contributed by atoms with Gasteiger partial charge in [-0.1, -0.05) is 28.8 Å². The van der Waals surface area contributed by atoms with Crippen LogP contribution in [0.1, 0.15) is 32.1 Å². The molecule has 0 radical (unpaired) electrons. The molecule has 4 heteroatoms. The van der Waals surface area contributed by atoms with Gasteiger partial charge in [0, 0.05) is 11.4 Å². The van der Waals surface area contributed by atoms with Crippen LogP contribution in [0.25, 0.3) is 0 Å². The minimum atomic E-state index is 0.301. The van der Waals surface area contributed by atoms with Crippen molar-refractivity contribution in [3.63, 3.8) is 0 Å². The number of rotatable bonds is 5. The SMILES string of the molecule is BrC1CCCCC1OCCOC1CCOC1. The zero-order chi connectivity index (χ0) is 11.2. The van der Waals surface area contributed by atoms with Crippen LogP contribution in [-0.4, -0.2) is 43.5 Å². The van der Waals surface area contributed by atoms with E-state index in [2.05, 4.69) is 15.9 Å². The van der Waals surface area contributed by atoms with Gasteiger partial charge < -0.3 is 14.2 Å². The van der Waals surface area contributed by atoms with Gasteiger partial charge in [0.2, 0.25) is 0 Å². The summed E-state index contributed by atoms with van der Waals surface area (Å²) in [6, 6.07) is 0. The lowest BCUT2D eigenvalue weighted by molar-refractivity contribution is -0.0303. The Hall–Kier alpha value is 0.360. The molecule has 3 unspecified atom stereocenters. The third-order valence-corrected chi connectivity index (χ3v) is 4.33. The lowest BCUT2D eigenvalue weighted by atomic mass is 9.98. The average Bonchev–Trinajstić information content (AvgIpc) is 2.79. The molecule has 2 fully saturated rings. The number of hydrogen-bond donors (Lipinski definition) is 0. The molecule has 2 aliphatic rings. The molecule has 1 aliphatic heterocycles. The lowest BCUT2D eigenvalue weighted by Gasteiger charge is -2.27. The number of halogens is 1. The van der Waals surface area contributed by atoms with Crippen LogP contribution in [0, 0.1) is 0 Å². The zero-order valence-electron chi connectivity index (χ0n) is 9.70. The maximum Gasteiger partial charge on any atom is 0.0831 e. The normalized spacial score (nSPS) is 35.4. The van der Waals surface area contributed by atoms with Gasteiger partial charge in [-0.3, -0.25) is 0 Å². The molecule has 0 aromatic carbocycles. The first kappa shape index (κ1) is 12.8. The minimum Gasteiger partial charge on any atom is -0.379 e. The highest BCUT2D eigenvalue weighted by Crippen LogP contribution is 2.26. The van der Waals surface area contributed by atoms with Gasteiger partial charge in [0.25, 0.3) is 0 Å². The molecule has 0 bridgehead atoms. The molecular weight excluding hydrogens is 272 g/mol. The summed E-state index contributed by atoms with van der Waals surface area (Å²) in [6.07, 6.45) is 6.76. The van der Waals surface area contributed by atoms with Crippen molar-refractivity contribution >= 4 is 15.9 Å². The molecule has 1 saturated heterocycles. The van der Waals surface area contributed by atoms with Gasteiger partial charge in [-0.25, -0.2) is 0 Å². The predicted molar refractivity (Wildman–Crippen MR) is 66.1 cm³/mol. The van der Waals surface area contributed by atoms with E-state index in [0.717, 1.165) is 19.6 Å². The van der Waals surface area contributed by atoms with Gasteiger partial charge in [0.15, 0.2) is 0 Å². The quantitative estimate of drug-likeness (QED) is 0.576. The second kappa shape index (κ2) is 6.94. The molecule has 0 aromatic heterocycles. The van der Waals surface area contributed by atoms with Gasteiger partial charge in [0.05, 0.1) is 32.0 Å². The molecule has 1 heterocycles. The molecule has 2 rings (SSSR count). The first-order valence-corrected chi connectivity index (χ1v) is 7.23. The highest BCUT2D eigenvalue weighted by Gasteiger charge is 2.23. The third kappa shape index (κ3) is 3.99. The summed E-state index contributed by atoms with van der Waals surface area (Å²) in [6.45, 7) is 3.01. The van der Waals surface area contributed by atoms with Crippen LogP contribution in [0.3, 0.4) is 0 Å². The summed E-state index contributed by atoms with van der Waals surface area (Å²) in [5.41, 5.74) is 0. The Morgan fingerprint density at radius 3 is 2.62 bits per heavy atom. The average molecular weight is 293 g/mol. The first-order chi connectivity index (χ1) is 7.86. The van der Waals surface area contributed by atoms with Crippen molar-refractivity contribution < 1.29 is 14.2 Å². The van der Waals surface area contributed by atoms with E-state index in [1.54, 1.807) is 0 Å². The van der Waals surface area contributed by atoms with Gasteiger partial charge in [-0.15, -0.1) is 0 Å². The van der Waals surface area contributed by atoms with Gasteiger partial charge >= 0.3 is 0 Å². The van der Waals surface area contributed by atoms with Crippen molar-refractivity contribution in [3.8, 4) is 0 Å². The Kier molecular flexibility index (Phi) is 5.56. The van der Waals surface area contributed by atoms with Crippen LogP contribution < -0.4 is 0 Å². The maximum absolute atomic E-state index is 5.84. The Balaban J connectivity index is 1.53. The van der Waals surface area contributed by atoms with Crippen molar-refractivity contribution in [2.75, 3.05) is 26.4 Å². The van der Waals surface area contributed by atoms with Crippen molar-refractivity contribution in [3.05, 3.63) is 0 Å². The molecule has 94 valence electrons. The summed E-state index contributed by atoms with van der Waals surface area (Å²) in [5.74, 6) is 0. The summed E-state index contributed by atoms with van der Waals surface area (Å²) < 4.78 is 16.8. The third-order valence-electron chi connectivity index (χ3n) is 3.28. The molecule has 3 atom stereocenters. The Morgan fingerprint density at radius 2 is 1.88 bits per heavy atom. The Labute approximate surface area is 106 Å². The van der Waals surface area contributed by atoms with Crippen LogP contribution in [0.4, 0.5) is 0 Å². The van der Waals surface area contributed by atoms with E-state index in [-0.39, 0.29) is 0 Å². The van der Waals surface area contributed by atoms with Gasteiger partial charge in [0.1, 0.15) is 0 Å². The second-order valence-corrected chi connectivity index (χ2v) is 5.74. The molecule has 0 amide bonds. The van der Waals surface area contributed by atoms with Crippen LogP contribution in [0.5, 0.6) is 0 Å². The van der Waals surface area contributed by atoms with E-state index in [1.165, 1.54) is 25.7 Å². The predicted octanol–water partition coefficient (Wildman–Crippen LogP) is 2.51. The molecule has 0 spiro atoms. The lowest BCUT2D eigenvalue weighted by Crippen LogP contribution is -2.29. The number of ether oxygens (including phenoxy) is 3. The van der Waals surface area contributed by atoms with Crippen molar-refractivity contribution in [1.82, 2.24) is 0 Å². The van der Waals surface area contributed by atoms with Crippen molar-refractivity contribution in [2.24, 2.45) is 0 Å². The van der Waals surface area contributed by atoms with Crippen molar-refractivity contribution in [2.45, 2.75) is 49.1 Å². The maximum atomic E-state index is 5.84. The van der Waals surface area contributed by atoms with Crippen molar-refractivity contribution in [1.29, 1.82) is 0 Å². The largest absolute Gasteiger partial charge is 0.379 e. The molecule has 1 aliphatic carbocycles. The molecule has 3 nitrogen and oxygen atoms in total. The summed E-state index contributed by atoms with van der Waals surface area (Å²) >= 11 is 3.69. The fraction of sp³-hybridized carbons (Fsp3) is 1.00. The van der Waals surface area contributed by atoms with Crippen LogP contribution in [0.2, 0.25) is 0 Å². The smallest absolute Gasteiger partial charge is 0.0831 e. The fourth-order valence-electron chi connectivity index (χ4n) is 2.30. The molecule has 0 N–H and O–H groups in total. The summed E-state index contributed by atoms with van der Waals surface area (Å²) in [5, 5.41) is 0.